The molecule has 0 unspecified atom stereocenters. The van der Waals surface area contributed by atoms with Gasteiger partial charge in [0.1, 0.15) is 0 Å². The van der Waals surface area contributed by atoms with Gasteiger partial charge in [0.15, 0.2) is 0 Å². The quantitative estimate of drug-likeness (QED) is 0.767. The minimum Gasteiger partial charge on any atom is -0.331 e. The Morgan fingerprint density at radius 3 is 2.44 bits per heavy atom. The van der Waals surface area contributed by atoms with E-state index in [-0.39, 0.29) is 11.6 Å². The van der Waals surface area contributed by atoms with Gasteiger partial charge in [-0.15, -0.1) is 0 Å². The largest absolute Gasteiger partial charge is 0.331 e. The van der Waals surface area contributed by atoms with E-state index in [9.17, 15) is 4.79 Å². The summed E-state index contributed by atoms with van der Waals surface area (Å²) >= 11 is 0. The molecule has 0 aliphatic heterocycles. The smallest absolute Gasteiger partial charge is 0.319 e. The molecule has 0 aromatic heterocycles. The highest BCUT2D eigenvalue weighted by Gasteiger charge is 2.33. The molecule has 18 heavy (non-hydrogen) atoms. The molecule has 0 bridgehead atoms. The third-order valence-electron chi connectivity index (χ3n) is 3.64. The van der Waals surface area contributed by atoms with Crippen LogP contribution in [-0.2, 0) is 0 Å². The summed E-state index contributed by atoms with van der Waals surface area (Å²) in [5, 5.41) is 5.88. The van der Waals surface area contributed by atoms with Crippen molar-refractivity contribution in [1.82, 2.24) is 5.32 Å². The first kappa shape index (κ1) is 12.9. The maximum Gasteiger partial charge on any atom is 0.319 e. The lowest BCUT2D eigenvalue weighted by Gasteiger charge is -2.28. The van der Waals surface area contributed by atoms with E-state index >= 15 is 0 Å². The van der Waals surface area contributed by atoms with Gasteiger partial charge in [-0.3, -0.25) is 0 Å². The molecule has 98 valence electrons. The number of rotatable bonds is 3. The molecule has 1 aliphatic rings. The first-order valence-electron chi connectivity index (χ1n) is 6.49. The van der Waals surface area contributed by atoms with E-state index in [1.165, 1.54) is 5.56 Å². The number of carbonyl (C=O) groups is 1. The van der Waals surface area contributed by atoms with Crippen molar-refractivity contribution in [2.75, 3.05) is 11.9 Å². The first-order valence-corrected chi connectivity index (χ1v) is 6.49. The van der Waals surface area contributed by atoms with Crippen LogP contribution < -0.4 is 16.4 Å². The molecular weight excluding hydrogens is 226 g/mol. The highest BCUT2D eigenvalue weighted by atomic mass is 16.2. The molecule has 0 saturated heterocycles. The van der Waals surface area contributed by atoms with E-state index in [0.717, 1.165) is 31.4 Å². The summed E-state index contributed by atoms with van der Waals surface area (Å²) in [4.78, 5) is 11.9. The Morgan fingerprint density at radius 2 is 1.89 bits per heavy atom. The number of nitrogens with two attached hydrogens (primary N) is 1. The van der Waals surface area contributed by atoms with Gasteiger partial charge in [-0.25, -0.2) is 4.79 Å². The summed E-state index contributed by atoms with van der Waals surface area (Å²) in [6, 6.07) is 7.59. The average molecular weight is 247 g/mol. The number of aryl methyl sites for hydroxylation is 1. The first-order chi connectivity index (χ1) is 8.63. The molecule has 1 fully saturated rings. The second-order valence-electron chi connectivity index (χ2n) is 5.14. The summed E-state index contributed by atoms with van der Waals surface area (Å²) in [5.41, 5.74) is 7.57. The SMILES string of the molecule is Cc1ccc(NC(=O)NC2(CN)CCCC2)cc1. The Kier molecular flexibility index (Phi) is 3.87. The summed E-state index contributed by atoms with van der Waals surface area (Å²) in [6.07, 6.45) is 4.24. The van der Waals surface area contributed by atoms with E-state index in [1.807, 2.05) is 31.2 Å². The normalized spacial score (nSPS) is 17.4. The van der Waals surface area contributed by atoms with Crippen LogP contribution in [0.1, 0.15) is 31.2 Å². The third-order valence-corrected chi connectivity index (χ3v) is 3.64. The maximum absolute atomic E-state index is 11.9. The van der Waals surface area contributed by atoms with E-state index < -0.39 is 0 Å². The van der Waals surface area contributed by atoms with Gasteiger partial charge in [-0.05, 0) is 31.9 Å². The van der Waals surface area contributed by atoms with Crippen molar-refractivity contribution >= 4 is 11.7 Å². The van der Waals surface area contributed by atoms with E-state index in [1.54, 1.807) is 0 Å². The number of nitrogens with one attached hydrogen (secondary N) is 2. The van der Waals surface area contributed by atoms with Crippen LogP contribution in [0.2, 0.25) is 0 Å². The van der Waals surface area contributed by atoms with Crippen LogP contribution in [0.3, 0.4) is 0 Å². The fraction of sp³-hybridized carbons (Fsp3) is 0.500. The Hall–Kier alpha value is -1.55. The number of amides is 2. The van der Waals surface area contributed by atoms with Gasteiger partial charge in [0.05, 0.1) is 5.54 Å². The van der Waals surface area contributed by atoms with E-state index in [2.05, 4.69) is 10.6 Å². The van der Waals surface area contributed by atoms with Gasteiger partial charge < -0.3 is 16.4 Å². The van der Waals surface area contributed by atoms with Crippen molar-refractivity contribution in [3.8, 4) is 0 Å². The zero-order valence-corrected chi connectivity index (χ0v) is 10.8. The number of urea groups is 1. The zero-order chi connectivity index (χ0) is 13.0. The molecule has 4 heteroatoms. The number of benzene rings is 1. The maximum atomic E-state index is 11.9. The molecule has 2 rings (SSSR count). The van der Waals surface area contributed by atoms with Crippen molar-refractivity contribution in [1.29, 1.82) is 0 Å². The molecule has 4 nitrogen and oxygen atoms in total. The summed E-state index contributed by atoms with van der Waals surface area (Å²) in [7, 11) is 0. The van der Waals surface area contributed by atoms with E-state index in [4.69, 9.17) is 5.73 Å². The molecule has 1 aromatic rings. The van der Waals surface area contributed by atoms with E-state index in [0.29, 0.717) is 6.54 Å². The zero-order valence-electron chi connectivity index (χ0n) is 10.8. The second kappa shape index (κ2) is 5.40. The molecule has 2 amide bonds. The van der Waals surface area contributed by atoms with Gasteiger partial charge in [-0.1, -0.05) is 30.5 Å². The van der Waals surface area contributed by atoms with Crippen molar-refractivity contribution in [2.45, 2.75) is 38.1 Å². The number of hydrogen-bond acceptors (Lipinski definition) is 2. The lowest BCUT2D eigenvalue weighted by atomic mass is 9.98. The summed E-state index contributed by atoms with van der Waals surface area (Å²) in [5.74, 6) is 0. The Balaban J connectivity index is 1.94. The molecule has 0 heterocycles. The van der Waals surface area contributed by atoms with Crippen LogP contribution in [0.5, 0.6) is 0 Å². The molecular formula is C14H21N3O. The van der Waals surface area contributed by atoms with Crippen molar-refractivity contribution in [3.05, 3.63) is 29.8 Å². The standard InChI is InChI=1S/C14H21N3O/c1-11-4-6-12(7-5-11)16-13(18)17-14(10-15)8-2-3-9-14/h4-7H,2-3,8-10,15H2,1H3,(H2,16,17,18). The van der Waals surface area contributed by atoms with Crippen LogP contribution in [0, 0.1) is 6.92 Å². The Labute approximate surface area is 108 Å². The Bertz CT molecular complexity index is 408. The second-order valence-corrected chi connectivity index (χ2v) is 5.14. The highest BCUT2D eigenvalue weighted by molar-refractivity contribution is 5.89. The molecule has 4 N–H and O–H groups in total. The Morgan fingerprint density at radius 1 is 1.28 bits per heavy atom. The topological polar surface area (TPSA) is 67.2 Å². The van der Waals surface area contributed by atoms with Crippen molar-refractivity contribution < 1.29 is 4.79 Å². The third kappa shape index (κ3) is 3.01. The minimum atomic E-state index is -0.200. The van der Waals surface area contributed by atoms with Gasteiger partial charge in [-0.2, -0.15) is 0 Å². The molecule has 1 saturated carbocycles. The van der Waals surface area contributed by atoms with Crippen LogP contribution in [0.25, 0.3) is 0 Å². The molecule has 0 atom stereocenters. The molecule has 0 radical (unpaired) electrons. The van der Waals surface area contributed by atoms with Gasteiger partial charge in [0.25, 0.3) is 0 Å². The predicted octanol–water partition coefficient (Wildman–Crippen LogP) is 2.39. The van der Waals surface area contributed by atoms with Crippen LogP contribution >= 0.6 is 0 Å². The highest BCUT2D eigenvalue weighted by Crippen LogP contribution is 2.28. The van der Waals surface area contributed by atoms with Crippen molar-refractivity contribution in [2.24, 2.45) is 5.73 Å². The monoisotopic (exact) mass is 247 g/mol. The average Bonchev–Trinajstić information content (AvgIpc) is 2.81. The minimum absolute atomic E-state index is 0.161. The lowest BCUT2D eigenvalue weighted by molar-refractivity contribution is 0.237. The summed E-state index contributed by atoms with van der Waals surface area (Å²) in [6.45, 7) is 2.53. The number of anilines is 1. The van der Waals surface area contributed by atoms with Gasteiger partial charge in [0.2, 0.25) is 0 Å². The predicted molar refractivity (Wildman–Crippen MR) is 73.6 cm³/mol. The number of carbonyl (C=O) groups excluding carboxylic acids is 1. The van der Waals surface area contributed by atoms with Gasteiger partial charge >= 0.3 is 6.03 Å². The fourth-order valence-corrected chi connectivity index (χ4v) is 2.47. The van der Waals surface area contributed by atoms with Crippen LogP contribution in [0.4, 0.5) is 10.5 Å². The van der Waals surface area contributed by atoms with Crippen molar-refractivity contribution in [3.63, 3.8) is 0 Å². The van der Waals surface area contributed by atoms with Crippen LogP contribution in [-0.4, -0.2) is 18.1 Å². The molecule has 1 aliphatic carbocycles. The number of hydrogen-bond donors (Lipinski definition) is 3. The fourth-order valence-electron chi connectivity index (χ4n) is 2.47. The molecule has 1 aromatic carbocycles. The summed E-state index contributed by atoms with van der Waals surface area (Å²) < 4.78 is 0. The van der Waals surface area contributed by atoms with Gasteiger partial charge in [0, 0.05) is 12.2 Å². The molecule has 0 spiro atoms. The lowest BCUT2D eigenvalue weighted by Crippen LogP contribution is -2.53. The van der Waals surface area contributed by atoms with Crippen LogP contribution in [0.15, 0.2) is 24.3 Å².